The smallest absolute Gasteiger partial charge is 0.263 e. The monoisotopic (exact) mass is 292 g/mol. The van der Waals surface area contributed by atoms with Crippen molar-refractivity contribution in [1.82, 2.24) is 20.3 Å². The van der Waals surface area contributed by atoms with Crippen molar-refractivity contribution in [1.29, 1.82) is 0 Å². The van der Waals surface area contributed by atoms with Crippen molar-refractivity contribution in [3.8, 4) is 10.8 Å². The normalized spacial score (nSPS) is 13.8. The number of thiazole rings is 1. The Morgan fingerprint density at radius 1 is 1.35 bits per heavy atom. The summed E-state index contributed by atoms with van der Waals surface area (Å²) in [5, 5.41) is 12.5. The lowest BCUT2D eigenvalue weighted by Gasteiger charge is -2.18. The molecule has 0 radical (unpaired) electrons. The van der Waals surface area contributed by atoms with Gasteiger partial charge in [-0.25, -0.2) is 15.0 Å². The molecule has 2 aromatic heterocycles. The van der Waals surface area contributed by atoms with Crippen LogP contribution in [0.3, 0.4) is 0 Å². The second-order valence-electron chi connectivity index (χ2n) is 4.52. The topological polar surface area (TPSA) is 88.0 Å². The maximum absolute atomic E-state index is 12.1. The lowest BCUT2D eigenvalue weighted by molar-refractivity contribution is 0.0920. The van der Waals surface area contributed by atoms with E-state index in [1.165, 1.54) is 17.5 Å². The number of carbonyl (C=O) groups is 1. The van der Waals surface area contributed by atoms with Gasteiger partial charge in [0.2, 0.25) is 0 Å². The third-order valence-electron chi connectivity index (χ3n) is 2.99. The Balaban J connectivity index is 2.07. The second-order valence-corrected chi connectivity index (χ2v) is 5.55. The molecule has 2 heterocycles. The van der Waals surface area contributed by atoms with Crippen LogP contribution in [0.25, 0.3) is 10.8 Å². The summed E-state index contributed by atoms with van der Waals surface area (Å²) in [6.45, 7) is 3.77. The van der Waals surface area contributed by atoms with E-state index >= 15 is 0 Å². The van der Waals surface area contributed by atoms with E-state index in [0.29, 0.717) is 15.7 Å². The molecular formula is C13H16N4O2S. The van der Waals surface area contributed by atoms with Crippen LogP contribution in [0.5, 0.6) is 0 Å². The number of rotatable bonds is 5. The van der Waals surface area contributed by atoms with Gasteiger partial charge in [-0.1, -0.05) is 6.92 Å². The van der Waals surface area contributed by atoms with Gasteiger partial charge in [-0.15, -0.1) is 11.3 Å². The van der Waals surface area contributed by atoms with E-state index in [4.69, 9.17) is 5.11 Å². The molecule has 6 nitrogen and oxygen atoms in total. The van der Waals surface area contributed by atoms with Crippen LogP contribution in [0.1, 0.15) is 23.5 Å². The SMILES string of the molecule is CC(CO)C(C)NC(=O)c1cnc(-c2ncccn2)s1. The molecule has 0 aromatic carbocycles. The lowest BCUT2D eigenvalue weighted by atomic mass is 10.1. The van der Waals surface area contributed by atoms with E-state index in [-0.39, 0.29) is 24.5 Å². The highest BCUT2D eigenvalue weighted by Crippen LogP contribution is 2.21. The van der Waals surface area contributed by atoms with Gasteiger partial charge in [0.25, 0.3) is 5.91 Å². The molecule has 2 rings (SSSR count). The largest absolute Gasteiger partial charge is 0.396 e. The summed E-state index contributed by atoms with van der Waals surface area (Å²) >= 11 is 1.24. The molecule has 0 aliphatic heterocycles. The fourth-order valence-corrected chi connectivity index (χ4v) is 2.24. The molecule has 0 saturated carbocycles. The minimum atomic E-state index is -0.197. The Morgan fingerprint density at radius 2 is 2.05 bits per heavy atom. The number of aliphatic hydroxyl groups is 1. The van der Waals surface area contributed by atoms with Crippen LogP contribution in [0.15, 0.2) is 24.7 Å². The first-order valence-corrected chi connectivity index (χ1v) is 7.08. The highest BCUT2D eigenvalue weighted by atomic mass is 32.1. The quantitative estimate of drug-likeness (QED) is 0.868. The van der Waals surface area contributed by atoms with Gasteiger partial charge in [0.1, 0.15) is 4.88 Å². The van der Waals surface area contributed by atoms with Gasteiger partial charge in [0.15, 0.2) is 10.8 Å². The van der Waals surface area contributed by atoms with Crippen LogP contribution in [-0.2, 0) is 0 Å². The van der Waals surface area contributed by atoms with E-state index in [1.54, 1.807) is 18.5 Å². The molecule has 0 saturated heterocycles. The molecule has 106 valence electrons. The van der Waals surface area contributed by atoms with Gasteiger partial charge < -0.3 is 10.4 Å². The summed E-state index contributed by atoms with van der Waals surface area (Å²) in [5.41, 5.74) is 0. The number of aliphatic hydroxyl groups excluding tert-OH is 1. The third kappa shape index (κ3) is 3.37. The number of aromatic nitrogens is 3. The van der Waals surface area contributed by atoms with Crippen molar-refractivity contribution in [2.75, 3.05) is 6.61 Å². The number of carbonyl (C=O) groups excluding carboxylic acids is 1. The van der Waals surface area contributed by atoms with Crippen LogP contribution in [-0.4, -0.2) is 38.6 Å². The number of nitrogens with one attached hydrogen (secondary N) is 1. The molecule has 2 unspecified atom stereocenters. The van der Waals surface area contributed by atoms with Gasteiger partial charge in [-0.05, 0) is 18.9 Å². The molecule has 2 atom stereocenters. The number of hydrogen-bond acceptors (Lipinski definition) is 6. The van der Waals surface area contributed by atoms with E-state index in [1.807, 2.05) is 13.8 Å². The van der Waals surface area contributed by atoms with Gasteiger partial charge in [0.05, 0.1) is 6.20 Å². The van der Waals surface area contributed by atoms with E-state index in [0.717, 1.165) is 0 Å². The van der Waals surface area contributed by atoms with Crippen molar-refractivity contribution < 1.29 is 9.90 Å². The fourth-order valence-electron chi connectivity index (χ4n) is 1.47. The average Bonchev–Trinajstić information content (AvgIpc) is 2.97. The zero-order valence-electron chi connectivity index (χ0n) is 11.3. The maximum Gasteiger partial charge on any atom is 0.263 e. The van der Waals surface area contributed by atoms with Crippen molar-refractivity contribution in [2.24, 2.45) is 5.92 Å². The van der Waals surface area contributed by atoms with Crippen molar-refractivity contribution in [3.05, 3.63) is 29.5 Å². The average molecular weight is 292 g/mol. The first-order valence-electron chi connectivity index (χ1n) is 6.26. The van der Waals surface area contributed by atoms with Crippen molar-refractivity contribution in [2.45, 2.75) is 19.9 Å². The maximum atomic E-state index is 12.1. The number of nitrogens with zero attached hydrogens (tertiary/aromatic N) is 3. The molecule has 7 heteroatoms. The molecule has 0 aliphatic carbocycles. The summed E-state index contributed by atoms with van der Waals surface area (Å²) in [6, 6.07) is 1.62. The highest BCUT2D eigenvalue weighted by molar-refractivity contribution is 7.16. The van der Waals surface area contributed by atoms with Crippen LogP contribution in [0.2, 0.25) is 0 Å². The summed E-state index contributed by atoms with van der Waals surface area (Å²) in [4.78, 5) is 24.9. The highest BCUT2D eigenvalue weighted by Gasteiger charge is 2.17. The Morgan fingerprint density at radius 3 is 2.70 bits per heavy atom. The molecule has 0 spiro atoms. The predicted molar refractivity (Wildman–Crippen MR) is 76.3 cm³/mol. The lowest BCUT2D eigenvalue weighted by Crippen LogP contribution is -2.38. The van der Waals surface area contributed by atoms with E-state index in [2.05, 4.69) is 20.3 Å². The van der Waals surface area contributed by atoms with Gasteiger partial charge in [-0.3, -0.25) is 4.79 Å². The minimum absolute atomic E-state index is 0.00352. The summed E-state index contributed by atoms with van der Waals surface area (Å²) in [5.74, 6) is 0.314. The Bertz CT molecular complexity index is 573. The van der Waals surface area contributed by atoms with E-state index < -0.39 is 0 Å². The van der Waals surface area contributed by atoms with Gasteiger partial charge in [0, 0.05) is 25.0 Å². The second kappa shape index (κ2) is 6.53. The summed E-state index contributed by atoms with van der Waals surface area (Å²) in [7, 11) is 0. The first kappa shape index (κ1) is 14.5. The Labute approximate surface area is 120 Å². The van der Waals surface area contributed by atoms with Crippen LogP contribution in [0, 0.1) is 5.92 Å². The van der Waals surface area contributed by atoms with Crippen LogP contribution in [0.4, 0.5) is 0 Å². The van der Waals surface area contributed by atoms with Crippen molar-refractivity contribution in [3.63, 3.8) is 0 Å². The molecule has 0 fully saturated rings. The molecule has 0 bridgehead atoms. The fraction of sp³-hybridized carbons (Fsp3) is 0.385. The minimum Gasteiger partial charge on any atom is -0.396 e. The molecule has 1 amide bonds. The van der Waals surface area contributed by atoms with Gasteiger partial charge >= 0.3 is 0 Å². The van der Waals surface area contributed by atoms with Crippen LogP contribution < -0.4 is 5.32 Å². The molecule has 20 heavy (non-hydrogen) atoms. The zero-order valence-corrected chi connectivity index (χ0v) is 12.1. The summed E-state index contributed by atoms with van der Waals surface area (Å²) < 4.78 is 0. The number of hydrogen-bond donors (Lipinski definition) is 2. The van der Waals surface area contributed by atoms with Crippen molar-refractivity contribution >= 4 is 17.2 Å². The predicted octanol–water partition coefficient (Wildman–Crippen LogP) is 1.35. The molecule has 0 aliphatic rings. The third-order valence-corrected chi connectivity index (χ3v) is 3.98. The van der Waals surface area contributed by atoms with Gasteiger partial charge in [-0.2, -0.15) is 0 Å². The summed E-state index contributed by atoms with van der Waals surface area (Å²) in [6.07, 6.45) is 4.78. The van der Waals surface area contributed by atoms with E-state index in [9.17, 15) is 4.79 Å². The Kier molecular flexibility index (Phi) is 4.75. The molecular weight excluding hydrogens is 276 g/mol. The standard InChI is InChI=1S/C13H16N4O2S/c1-8(7-18)9(2)17-12(19)10-6-16-13(20-10)11-14-4-3-5-15-11/h3-6,8-9,18H,7H2,1-2H3,(H,17,19). The molecule has 2 aromatic rings. The van der Waals surface area contributed by atoms with Crippen LogP contribution >= 0.6 is 11.3 Å². The zero-order chi connectivity index (χ0) is 14.5. The number of amides is 1. The Hall–Kier alpha value is -1.86. The molecule has 2 N–H and O–H groups in total. The first-order chi connectivity index (χ1) is 9.61.